The molecule has 1 atom stereocenters. The highest BCUT2D eigenvalue weighted by Crippen LogP contribution is 2.51. The zero-order valence-electron chi connectivity index (χ0n) is 8.67. The molecule has 1 aliphatic heterocycles. The summed E-state index contributed by atoms with van der Waals surface area (Å²) in [6, 6.07) is 0. The van der Waals surface area contributed by atoms with Crippen LogP contribution in [0, 0.1) is 11.3 Å². The fraction of sp³-hybridized carbons (Fsp3) is 0.583. The molecule has 0 aromatic carbocycles. The molecule has 0 radical (unpaired) electrons. The first-order valence-corrected chi connectivity index (χ1v) is 5.04. The van der Waals surface area contributed by atoms with E-state index in [1.54, 1.807) is 0 Å². The van der Waals surface area contributed by atoms with E-state index < -0.39 is 0 Å². The normalized spacial score (nSPS) is 30.5. The van der Waals surface area contributed by atoms with Crippen molar-refractivity contribution in [1.82, 2.24) is 0 Å². The van der Waals surface area contributed by atoms with E-state index in [9.17, 15) is 0 Å². The van der Waals surface area contributed by atoms with Crippen molar-refractivity contribution in [2.45, 2.75) is 33.6 Å². The van der Waals surface area contributed by atoms with Gasteiger partial charge in [0.15, 0.2) is 0 Å². The van der Waals surface area contributed by atoms with Crippen molar-refractivity contribution in [3.8, 4) is 0 Å². The molecule has 1 saturated carbocycles. The Kier molecular flexibility index (Phi) is 1.90. The van der Waals surface area contributed by atoms with Crippen LogP contribution in [0.5, 0.6) is 0 Å². The van der Waals surface area contributed by atoms with Crippen molar-refractivity contribution >= 4 is 6.21 Å². The zero-order valence-corrected chi connectivity index (χ0v) is 8.67. The van der Waals surface area contributed by atoms with E-state index in [0.29, 0.717) is 11.3 Å². The first-order valence-electron chi connectivity index (χ1n) is 5.04. The highest BCUT2D eigenvalue weighted by molar-refractivity contribution is 5.82. The molecule has 1 unspecified atom stereocenters. The minimum Gasteiger partial charge on any atom is -0.264 e. The summed E-state index contributed by atoms with van der Waals surface area (Å²) in [4.78, 5) is 4.33. The van der Waals surface area contributed by atoms with Crippen molar-refractivity contribution < 1.29 is 0 Å². The standard InChI is InChI=1S/C12H17N/c1-9-6-11(12(3)4-5-12)8-13-7-10(9)2/h6-9H,4-5H2,1-3H3. The number of rotatable bonds is 1. The predicted molar refractivity (Wildman–Crippen MR) is 56.8 cm³/mol. The van der Waals surface area contributed by atoms with Crippen molar-refractivity contribution in [2.75, 3.05) is 0 Å². The molecule has 0 aromatic rings. The molecule has 0 N–H and O–H groups in total. The number of hydrogen-bond donors (Lipinski definition) is 0. The SMILES string of the molecule is CC1=CN=CC(C2(C)CC2)=CC1C. The van der Waals surface area contributed by atoms with Crippen LogP contribution < -0.4 is 0 Å². The van der Waals surface area contributed by atoms with Crippen molar-refractivity contribution in [2.24, 2.45) is 16.3 Å². The third-order valence-electron chi connectivity index (χ3n) is 3.34. The molecule has 1 aliphatic carbocycles. The molecule has 13 heavy (non-hydrogen) atoms. The number of hydrogen-bond acceptors (Lipinski definition) is 1. The van der Waals surface area contributed by atoms with Gasteiger partial charge in [-0.25, -0.2) is 0 Å². The summed E-state index contributed by atoms with van der Waals surface area (Å²) >= 11 is 0. The van der Waals surface area contributed by atoms with Crippen LogP contribution in [0.1, 0.15) is 33.6 Å². The van der Waals surface area contributed by atoms with E-state index in [2.05, 4.69) is 31.8 Å². The molecule has 2 aliphatic rings. The van der Waals surface area contributed by atoms with Crippen molar-refractivity contribution in [3.05, 3.63) is 23.4 Å². The second-order valence-corrected chi connectivity index (χ2v) is 4.62. The molecule has 0 spiro atoms. The maximum Gasteiger partial charge on any atom is 0.0302 e. The quantitative estimate of drug-likeness (QED) is 0.579. The second kappa shape index (κ2) is 2.83. The fourth-order valence-corrected chi connectivity index (χ4v) is 1.63. The molecule has 1 heteroatoms. The van der Waals surface area contributed by atoms with E-state index in [1.165, 1.54) is 24.0 Å². The van der Waals surface area contributed by atoms with Gasteiger partial charge in [-0.2, -0.15) is 0 Å². The van der Waals surface area contributed by atoms with E-state index in [0.717, 1.165) is 0 Å². The van der Waals surface area contributed by atoms with Crippen LogP contribution in [0.2, 0.25) is 0 Å². The molecule has 2 rings (SSSR count). The first-order chi connectivity index (χ1) is 6.12. The van der Waals surface area contributed by atoms with Crippen LogP contribution in [0.15, 0.2) is 28.4 Å². The van der Waals surface area contributed by atoms with Gasteiger partial charge < -0.3 is 0 Å². The summed E-state index contributed by atoms with van der Waals surface area (Å²) in [5, 5.41) is 0. The van der Waals surface area contributed by atoms with Gasteiger partial charge in [-0.05, 0) is 42.2 Å². The first kappa shape index (κ1) is 8.74. The van der Waals surface area contributed by atoms with Gasteiger partial charge in [-0.3, -0.25) is 4.99 Å². The Morgan fingerprint density at radius 3 is 2.77 bits per heavy atom. The van der Waals surface area contributed by atoms with E-state index in [4.69, 9.17) is 0 Å². The maximum absolute atomic E-state index is 4.33. The van der Waals surface area contributed by atoms with Gasteiger partial charge in [0.2, 0.25) is 0 Å². The molecule has 0 bridgehead atoms. The minimum absolute atomic E-state index is 0.455. The average molecular weight is 175 g/mol. The van der Waals surface area contributed by atoms with Gasteiger partial charge >= 0.3 is 0 Å². The van der Waals surface area contributed by atoms with Crippen LogP contribution in [0.4, 0.5) is 0 Å². The Hall–Kier alpha value is -0.850. The Balaban J connectivity index is 2.27. The molecule has 0 aromatic heterocycles. The Morgan fingerprint density at radius 2 is 2.15 bits per heavy atom. The number of nitrogens with zero attached hydrogens (tertiary/aromatic N) is 1. The third-order valence-corrected chi connectivity index (χ3v) is 3.34. The molecule has 0 saturated heterocycles. The summed E-state index contributed by atoms with van der Waals surface area (Å²) < 4.78 is 0. The van der Waals surface area contributed by atoms with Crippen LogP contribution in [-0.2, 0) is 0 Å². The lowest BCUT2D eigenvalue weighted by atomic mass is 9.93. The maximum atomic E-state index is 4.33. The molecule has 1 nitrogen and oxygen atoms in total. The number of allylic oxidation sites excluding steroid dienone is 3. The monoisotopic (exact) mass is 175 g/mol. The lowest BCUT2D eigenvalue weighted by Gasteiger charge is -2.11. The highest BCUT2D eigenvalue weighted by atomic mass is 14.7. The fourth-order valence-electron chi connectivity index (χ4n) is 1.63. The van der Waals surface area contributed by atoms with E-state index in [1.807, 2.05) is 12.4 Å². The molecular weight excluding hydrogens is 158 g/mol. The van der Waals surface area contributed by atoms with Crippen LogP contribution in [0.25, 0.3) is 0 Å². The van der Waals surface area contributed by atoms with Gasteiger partial charge in [-0.15, -0.1) is 0 Å². The molecular formula is C12H17N. The molecule has 1 fully saturated rings. The molecule has 1 heterocycles. The van der Waals surface area contributed by atoms with Gasteiger partial charge in [0.05, 0.1) is 0 Å². The number of aliphatic imine (C=N–C) groups is 1. The average Bonchev–Trinajstić information content (AvgIpc) is 2.83. The topological polar surface area (TPSA) is 12.4 Å². The summed E-state index contributed by atoms with van der Waals surface area (Å²) in [5.74, 6) is 0.551. The zero-order chi connectivity index (χ0) is 9.47. The lowest BCUT2D eigenvalue weighted by molar-refractivity contribution is 0.708. The predicted octanol–water partition coefficient (Wildman–Crippen LogP) is 3.34. The third kappa shape index (κ3) is 1.60. The summed E-state index contributed by atoms with van der Waals surface area (Å²) in [6.07, 6.45) is 9.06. The van der Waals surface area contributed by atoms with Gasteiger partial charge in [0, 0.05) is 12.4 Å². The largest absolute Gasteiger partial charge is 0.264 e. The smallest absolute Gasteiger partial charge is 0.0302 e. The molecule has 0 amide bonds. The Morgan fingerprint density at radius 1 is 1.46 bits per heavy atom. The van der Waals surface area contributed by atoms with Gasteiger partial charge in [0.25, 0.3) is 0 Å². The van der Waals surface area contributed by atoms with E-state index >= 15 is 0 Å². The molecule has 70 valence electrons. The Bertz CT molecular complexity index is 303. The van der Waals surface area contributed by atoms with Crippen LogP contribution in [0.3, 0.4) is 0 Å². The van der Waals surface area contributed by atoms with Crippen LogP contribution in [-0.4, -0.2) is 6.21 Å². The van der Waals surface area contributed by atoms with E-state index in [-0.39, 0.29) is 0 Å². The van der Waals surface area contributed by atoms with Gasteiger partial charge in [0.1, 0.15) is 0 Å². The second-order valence-electron chi connectivity index (χ2n) is 4.62. The summed E-state index contributed by atoms with van der Waals surface area (Å²) in [5.41, 5.74) is 3.25. The van der Waals surface area contributed by atoms with Crippen LogP contribution >= 0.6 is 0 Å². The summed E-state index contributed by atoms with van der Waals surface area (Å²) in [6.45, 7) is 6.72. The Labute approximate surface area is 80.3 Å². The van der Waals surface area contributed by atoms with Crippen molar-refractivity contribution in [1.29, 1.82) is 0 Å². The summed E-state index contributed by atoms with van der Waals surface area (Å²) in [7, 11) is 0. The minimum atomic E-state index is 0.455. The van der Waals surface area contributed by atoms with Gasteiger partial charge in [-0.1, -0.05) is 19.9 Å². The highest BCUT2D eigenvalue weighted by Gasteiger charge is 2.40. The lowest BCUT2D eigenvalue weighted by Crippen LogP contribution is -2.02. The van der Waals surface area contributed by atoms with Crippen molar-refractivity contribution in [3.63, 3.8) is 0 Å².